The summed E-state index contributed by atoms with van der Waals surface area (Å²) in [6.07, 6.45) is -0.818. The molecule has 0 saturated heterocycles. The fourth-order valence-corrected chi connectivity index (χ4v) is 4.07. The molecular formula is C20H17N3O4S. The van der Waals surface area contributed by atoms with Crippen LogP contribution in [0.25, 0.3) is 10.9 Å². The number of ether oxygens (including phenoxy) is 1. The molecule has 2 atom stereocenters. The van der Waals surface area contributed by atoms with Crippen LogP contribution in [0.2, 0.25) is 0 Å². The van der Waals surface area contributed by atoms with Crippen molar-refractivity contribution < 1.29 is 14.3 Å². The van der Waals surface area contributed by atoms with E-state index in [9.17, 15) is 14.4 Å². The largest absolute Gasteiger partial charge is 0.454 e. The summed E-state index contributed by atoms with van der Waals surface area (Å²) < 4.78 is 5.41. The number of amides is 1. The van der Waals surface area contributed by atoms with E-state index < -0.39 is 17.3 Å². The van der Waals surface area contributed by atoms with E-state index in [1.54, 1.807) is 31.2 Å². The van der Waals surface area contributed by atoms with Gasteiger partial charge in [-0.05, 0) is 31.2 Å². The maximum atomic E-state index is 12.4. The van der Waals surface area contributed by atoms with Gasteiger partial charge in [0.1, 0.15) is 0 Å². The van der Waals surface area contributed by atoms with Crippen molar-refractivity contribution in [2.75, 3.05) is 5.32 Å². The third-order valence-electron chi connectivity index (χ3n) is 4.38. The van der Waals surface area contributed by atoms with Crippen molar-refractivity contribution in [3.05, 3.63) is 64.7 Å². The maximum Gasteiger partial charge on any atom is 0.308 e. The summed E-state index contributed by atoms with van der Waals surface area (Å²) >= 11 is 1.33. The van der Waals surface area contributed by atoms with Gasteiger partial charge in [-0.1, -0.05) is 24.3 Å². The van der Waals surface area contributed by atoms with E-state index in [4.69, 9.17) is 4.74 Å². The second kappa shape index (κ2) is 7.47. The Kier molecular flexibility index (Phi) is 4.87. The van der Waals surface area contributed by atoms with Crippen LogP contribution in [-0.2, 0) is 14.3 Å². The number of rotatable bonds is 4. The van der Waals surface area contributed by atoms with Gasteiger partial charge in [0.25, 0.3) is 5.56 Å². The van der Waals surface area contributed by atoms with Crippen LogP contribution in [0.3, 0.4) is 0 Å². The molecule has 2 heterocycles. The van der Waals surface area contributed by atoms with Crippen LogP contribution < -0.4 is 10.9 Å². The maximum absolute atomic E-state index is 12.4. The first-order chi connectivity index (χ1) is 13.5. The number of para-hydroxylation sites is 2. The molecule has 4 rings (SSSR count). The van der Waals surface area contributed by atoms with E-state index in [0.29, 0.717) is 10.9 Å². The molecule has 2 N–H and O–H groups in total. The molecule has 28 heavy (non-hydrogen) atoms. The Morgan fingerprint density at radius 2 is 1.93 bits per heavy atom. The van der Waals surface area contributed by atoms with Crippen LogP contribution in [-0.4, -0.2) is 27.1 Å². The molecule has 0 spiro atoms. The Hall–Kier alpha value is -3.13. The van der Waals surface area contributed by atoms with Crippen LogP contribution in [0.5, 0.6) is 0 Å². The third kappa shape index (κ3) is 3.63. The highest BCUT2D eigenvalue weighted by molar-refractivity contribution is 8.01. The Bertz CT molecular complexity index is 1130. The third-order valence-corrected chi connectivity index (χ3v) is 5.66. The number of nitrogens with one attached hydrogen (secondary N) is 2. The van der Waals surface area contributed by atoms with Gasteiger partial charge >= 0.3 is 5.97 Å². The minimum atomic E-state index is -0.742. The van der Waals surface area contributed by atoms with Crippen molar-refractivity contribution >= 4 is 40.2 Å². The van der Waals surface area contributed by atoms with Gasteiger partial charge < -0.3 is 15.0 Å². The first-order valence-electron chi connectivity index (χ1n) is 8.76. The van der Waals surface area contributed by atoms with Crippen LogP contribution in [0.1, 0.15) is 25.3 Å². The highest BCUT2D eigenvalue weighted by Gasteiger charge is 2.30. The monoisotopic (exact) mass is 395 g/mol. The molecule has 8 heteroatoms. The summed E-state index contributed by atoms with van der Waals surface area (Å²) in [6, 6.07) is 14.4. The number of fused-ring (bicyclic) bond motifs is 2. The smallest absolute Gasteiger partial charge is 0.308 e. The molecule has 1 aromatic heterocycles. The van der Waals surface area contributed by atoms with Crippen molar-refractivity contribution in [1.82, 2.24) is 9.97 Å². The molecule has 2 unspecified atom stereocenters. The van der Waals surface area contributed by atoms with Gasteiger partial charge in [0.2, 0.25) is 5.91 Å². The molecule has 3 aromatic rings. The molecule has 1 amide bonds. The zero-order chi connectivity index (χ0) is 19.7. The zero-order valence-electron chi connectivity index (χ0n) is 15.0. The number of carbonyl (C=O) groups excluding carboxylic acids is 2. The fourth-order valence-electron chi connectivity index (χ4n) is 2.98. The van der Waals surface area contributed by atoms with Gasteiger partial charge in [-0.15, -0.1) is 11.8 Å². The zero-order valence-corrected chi connectivity index (χ0v) is 15.8. The lowest BCUT2D eigenvalue weighted by Gasteiger charge is -2.23. The topological polar surface area (TPSA) is 101 Å². The number of esters is 1. The normalized spacial score (nSPS) is 16.9. The first kappa shape index (κ1) is 18.2. The number of carbonyl (C=O) groups is 2. The van der Waals surface area contributed by atoms with E-state index in [1.165, 1.54) is 11.8 Å². The molecule has 7 nitrogen and oxygen atoms in total. The van der Waals surface area contributed by atoms with Crippen LogP contribution in [0, 0.1) is 0 Å². The summed E-state index contributed by atoms with van der Waals surface area (Å²) in [5, 5.41) is 2.70. The summed E-state index contributed by atoms with van der Waals surface area (Å²) in [5.74, 6) is -0.496. The predicted molar refractivity (Wildman–Crippen MR) is 106 cm³/mol. The lowest BCUT2D eigenvalue weighted by molar-refractivity contribution is -0.149. The van der Waals surface area contributed by atoms with Gasteiger partial charge in [-0.2, -0.15) is 0 Å². The standard InChI is InChI=1S/C20H17N3O4S/c1-11(18-21-13-7-3-2-6-12(13)19(25)23-18)27-17(24)10-16-20(26)22-14-8-4-5-9-15(14)28-16/h2-9,11,16H,10H2,1H3,(H,22,26)(H,21,23,25). The quantitative estimate of drug-likeness (QED) is 0.659. The van der Waals surface area contributed by atoms with E-state index in [1.807, 2.05) is 24.3 Å². The lowest BCUT2D eigenvalue weighted by atomic mass is 10.2. The average molecular weight is 395 g/mol. The number of benzene rings is 2. The summed E-state index contributed by atoms with van der Waals surface area (Å²) in [7, 11) is 0. The number of hydrogen-bond donors (Lipinski definition) is 2. The molecule has 1 aliphatic heterocycles. The van der Waals surface area contributed by atoms with Gasteiger partial charge in [-0.3, -0.25) is 14.4 Å². The molecular weight excluding hydrogens is 378 g/mol. The second-order valence-electron chi connectivity index (χ2n) is 6.40. The van der Waals surface area contributed by atoms with Crippen molar-refractivity contribution in [1.29, 1.82) is 0 Å². The van der Waals surface area contributed by atoms with Crippen molar-refractivity contribution in [3.8, 4) is 0 Å². The summed E-state index contributed by atoms with van der Waals surface area (Å²) in [6.45, 7) is 1.63. The fraction of sp³-hybridized carbons (Fsp3) is 0.200. The number of thioether (sulfide) groups is 1. The van der Waals surface area contributed by atoms with E-state index in [-0.39, 0.29) is 23.7 Å². The van der Waals surface area contributed by atoms with E-state index in [0.717, 1.165) is 10.6 Å². The van der Waals surface area contributed by atoms with Gasteiger partial charge in [0.05, 0.1) is 28.3 Å². The number of aromatic nitrogens is 2. The Morgan fingerprint density at radius 1 is 1.18 bits per heavy atom. The summed E-state index contributed by atoms with van der Waals surface area (Å²) in [4.78, 5) is 44.7. The van der Waals surface area contributed by atoms with Crippen molar-refractivity contribution in [2.45, 2.75) is 29.6 Å². The number of H-pyrrole nitrogens is 1. The highest BCUT2D eigenvalue weighted by atomic mass is 32.2. The van der Waals surface area contributed by atoms with Crippen LogP contribution in [0.15, 0.2) is 58.2 Å². The molecule has 142 valence electrons. The molecule has 0 radical (unpaired) electrons. The number of anilines is 1. The Balaban J connectivity index is 1.45. The Labute approximate surface area is 164 Å². The molecule has 1 aliphatic rings. The first-order valence-corrected chi connectivity index (χ1v) is 9.64. The average Bonchev–Trinajstić information content (AvgIpc) is 2.68. The van der Waals surface area contributed by atoms with Gasteiger partial charge in [-0.25, -0.2) is 4.98 Å². The van der Waals surface area contributed by atoms with E-state index >= 15 is 0 Å². The van der Waals surface area contributed by atoms with E-state index in [2.05, 4.69) is 15.3 Å². The second-order valence-corrected chi connectivity index (χ2v) is 7.64. The molecule has 0 fully saturated rings. The number of nitrogens with zero attached hydrogens (tertiary/aromatic N) is 1. The molecule has 2 aromatic carbocycles. The molecule has 0 saturated carbocycles. The highest BCUT2D eigenvalue weighted by Crippen LogP contribution is 2.36. The molecule has 0 bridgehead atoms. The van der Waals surface area contributed by atoms with Crippen molar-refractivity contribution in [3.63, 3.8) is 0 Å². The van der Waals surface area contributed by atoms with Crippen molar-refractivity contribution in [2.24, 2.45) is 0 Å². The SMILES string of the molecule is CC(OC(=O)CC1Sc2ccccc2NC1=O)c1nc2ccccc2c(=O)[nH]1. The Morgan fingerprint density at radius 3 is 2.79 bits per heavy atom. The molecule has 0 aliphatic carbocycles. The van der Waals surface area contributed by atoms with Gasteiger partial charge in [0, 0.05) is 4.90 Å². The number of hydrogen-bond acceptors (Lipinski definition) is 6. The van der Waals surface area contributed by atoms with Gasteiger partial charge in [0.15, 0.2) is 11.9 Å². The minimum Gasteiger partial charge on any atom is -0.454 e. The number of aromatic amines is 1. The summed E-state index contributed by atoms with van der Waals surface area (Å²) in [5.41, 5.74) is 0.985. The predicted octanol–water partition coefficient (Wildman–Crippen LogP) is 3.03. The minimum absolute atomic E-state index is 0.0764. The van der Waals surface area contributed by atoms with Crippen LogP contribution >= 0.6 is 11.8 Å². The van der Waals surface area contributed by atoms with Crippen LogP contribution in [0.4, 0.5) is 5.69 Å². The lowest BCUT2D eigenvalue weighted by Crippen LogP contribution is -2.31.